The first-order valence-corrected chi connectivity index (χ1v) is 11.1. The molecule has 5 nitrogen and oxygen atoms in total. The summed E-state index contributed by atoms with van der Waals surface area (Å²) < 4.78 is 0. The molecule has 0 spiro atoms. The van der Waals surface area contributed by atoms with E-state index in [-0.39, 0.29) is 16.9 Å². The summed E-state index contributed by atoms with van der Waals surface area (Å²) in [7, 11) is 3.46. The summed E-state index contributed by atoms with van der Waals surface area (Å²) in [6, 6.07) is 0. The number of hydroxylamine groups is 2. The van der Waals surface area contributed by atoms with Gasteiger partial charge < -0.3 is 20.8 Å². The molecule has 4 aliphatic carbocycles. The fourth-order valence-electron chi connectivity index (χ4n) is 8.07. The quantitative estimate of drug-likeness (QED) is 0.518. The number of hydrogen-bond acceptors (Lipinski definition) is 5. The second-order valence-electron chi connectivity index (χ2n) is 10.8. The predicted molar refractivity (Wildman–Crippen MR) is 105 cm³/mol. The van der Waals surface area contributed by atoms with Crippen molar-refractivity contribution in [3.63, 3.8) is 0 Å². The summed E-state index contributed by atoms with van der Waals surface area (Å²) in [5.41, 5.74) is 6.82. The standard InChI is InChI=1S/C22H40N2O3/c1-20(26)10-9-15-14(13-20)5-6-17-16-7-8-18(19(25)24(3)27-4)21(16,2)11-12-22(15,17)23/h14-19,25-26H,5-13,23H2,1-4H3/t14?,15?,16-,17?,18?,19?,20+,21?,22?/m0/s1. The number of nitrogens with zero attached hydrogens (tertiary/aromatic N) is 1. The topological polar surface area (TPSA) is 79.0 Å². The zero-order valence-electron chi connectivity index (χ0n) is 17.7. The van der Waals surface area contributed by atoms with Crippen LogP contribution in [0.5, 0.6) is 0 Å². The fraction of sp³-hybridized carbons (Fsp3) is 1.00. The van der Waals surface area contributed by atoms with Gasteiger partial charge in [-0.15, -0.1) is 0 Å². The van der Waals surface area contributed by atoms with Gasteiger partial charge in [0.1, 0.15) is 6.23 Å². The maximum Gasteiger partial charge on any atom is 0.132 e. The Bertz CT molecular complexity index is 570. The van der Waals surface area contributed by atoms with Gasteiger partial charge in [0.2, 0.25) is 0 Å². The predicted octanol–water partition coefficient (Wildman–Crippen LogP) is 2.90. The van der Waals surface area contributed by atoms with Crippen LogP contribution in [-0.4, -0.2) is 46.8 Å². The van der Waals surface area contributed by atoms with Gasteiger partial charge in [-0.3, -0.25) is 0 Å². The largest absolute Gasteiger partial charge is 0.390 e. The lowest BCUT2D eigenvalue weighted by molar-refractivity contribution is -0.236. The van der Waals surface area contributed by atoms with E-state index >= 15 is 0 Å². The van der Waals surface area contributed by atoms with Crippen LogP contribution in [0, 0.1) is 35.0 Å². The highest BCUT2D eigenvalue weighted by molar-refractivity contribution is 5.15. The number of aliphatic hydroxyl groups excluding tert-OH is 1. The van der Waals surface area contributed by atoms with Crippen molar-refractivity contribution in [1.82, 2.24) is 5.06 Å². The molecular formula is C22H40N2O3. The monoisotopic (exact) mass is 380 g/mol. The Labute approximate surface area is 164 Å². The Morgan fingerprint density at radius 1 is 1.00 bits per heavy atom. The summed E-state index contributed by atoms with van der Waals surface area (Å²) >= 11 is 0. The summed E-state index contributed by atoms with van der Waals surface area (Å²) in [6.07, 6.45) is 9.15. The fourth-order valence-corrected chi connectivity index (χ4v) is 8.07. The maximum atomic E-state index is 10.9. The third-order valence-electron chi connectivity index (χ3n) is 9.58. The Hall–Kier alpha value is -0.200. The van der Waals surface area contributed by atoms with E-state index in [0.29, 0.717) is 23.7 Å². The Kier molecular flexibility index (Phi) is 4.96. The molecule has 0 saturated heterocycles. The number of rotatable bonds is 3. The van der Waals surface area contributed by atoms with Crippen molar-refractivity contribution in [2.75, 3.05) is 14.2 Å². The average Bonchev–Trinajstić information content (AvgIpc) is 2.96. The zero-order chi connectivity index (χ0) is 19.6. The van der Waals surface area contributed by atoms with Gasteiger partial charge in [0.15, 0.2) is 0 Å². The second-order valence-corrected chi connectivity index (χ2v) is 10.8. The number of aliphatic hydroxyl groups is 2. The Morgan fingerprint density at radius 2 is 1.70 bits per heavy atom. The van der Waals surface area contributed by atoms with Crippen LogP contribution in [0.3, 0.4) is 0 Å². The molecule has 9 atom stereocenters. The summed E-state index contributed by atoms with van der Waals surface area (Å²) in [5, 5.41) is 23.1. The van der Waals surface area contributed by atoms with Crippen molar-refractivity contribution in [2.24, 2.45) is 40.7 Å². The third-order valence-corrected chi connectivity index (χ3v) is 9.58. The molecule has 0 bridgehead atoms. The van der Waals surface area contributed by atoms with E-state index in [1.807, 2.05) is 14.0 Å². The van der Waals surface area contributed by atoms with E-state index in [0.717, 1.165) is 38.5 Å². The van der Waals surface area contributed by atoms with Crippen molar-refractivity contribution >= 4 is 0 Å². The van der Waals surface area contributed by atoms with Crippen LogP contribution in [0.4, 0.5) is 0 Å². The molecule has 0 aromatic carbocycles. The highest BCUT2D eigenvalue weighted by Gasteiger charge is 2.63. The van der Waals surface area contributed by atoms with Crippen LogP contribution >= 0.6 is 0 Å². The molecule has 0 radical (unpaired) electrons. The molecule has 4 fully saturated rings. The zero-order valence-corrected chi connectivity index (χ0v) is 17.7. The Morgan fingerprint density at radius 3 is 2.41 bits per heavy atom. The normalized spacial score (nSPS) is 53.6. The van der Waals surface area contributed by atoms with Gasteiger partial charge in [0, 0.05) is 18.5 Å². The number of fused-ring (bicyclic) bond motifs is 5. The summed E-state index contributed by atoms with van der Waals surface area (Å²) in [6.45, 7) is 4.41. The molecule has 0 heterocycles. The Balaban J connectivity index is 1.57. The molecule has 4 saturated carbocycles. The van der Waals surface area contributed by atoms with E-state index in [1.54, 1.807) is 12.2 Å². The first-order chi connectivity index (χ1) is 12.6. The number of nitrogens with two attached hydrogens (primary N) is 1. The van der Waals surface area contributed by atoms with Crippen molar-refractivity contribution in [3.05, 3.63) is 0 Å². The molecule has 156 valence electrons. The van der Waals surface area contributed by atoms with Crippen molar-refractivity contribution in [1.29, 1.82) is 0 Å². The van der Waals surface area contributed by atoms with Gasteiger partial charge in [-0.05, 0) is 93.8 Å². The highest BCUT2D eigenvalue weighted by atomic mass is 16.7. The molecule has 27 heavy (non-hydrogen) atoms. The molecule has 4 aliphatic rings. The van der Waals surface area contributed by atoms with Gasteiger partial charge in [0.25, 0.3) is 0 Å². The third kappa shape index (κ3) is 3.00. The molecule has 5 heteroatoms. The van der Waals surface area contributed by atoms with Crippen molar-refractivity contribution in [2.45, 2.75) is 89.0 Å². The van der Waals surface area contributed by atoms with E-state index < -0.39 is 11.8 Å². The molecule has 0 aromatic rings. The van der Waals surface area contributed by atoms with Crippen LogP contribution in [0.1, 0.15) is 71.6 Å². The van der Waals surface area contributed by atoms with Gasteiger partial charge in [-0.25, -0.2) is 0 Å². The first kappa shape index (κ1) is 20.1. The number of hydrogen-bond donors (Lipinski definition) is 3. The molecule has 0 amide bonds. The second kappa shape index (κ2) is 6.66. The van der Waals surface area contributed by atoms with Crippen LogP contribution in [0.15, 0.2) is 0 Å². The molecule has 7 unspecified atom stereocenters. The van der Waals surface area contributed by atoms with Crippen LogP contribution in [0.2, 0.25) is 0 Å². The van der Waals surface area contributed by atoms with E-state index in [1.165, 1.54) is 19.3 Å². The van der Waals surface area contributed by atoms with Gasteiger partial charge >= 0.3 is 0 Å². The average molecular weight is 381 g/mol. The minimum atomic E-state index is -0.545. The molecule has 0 aliphatic heterocycles. The van der Waals surface area contributed by atoms with Crippen molar-refractivity contribution in [3.8, 4) is 0 Å². The molecule has 0 aromatic heterocycles. The minimum Gasteiger partial charge on any atom is -0.390 e. The lowest BCUT2D eigenvalue weighted by atomic mass is 9.46. The van der Waals surface area contributed by atoms with E-state index in [2.05, 4.69) is 6.92 Å². The van der Waals surface area contributed by atoms with Gasteiger partial charge in [-0.1, -0.05) is 6.92 Å². The van der Waals surface area contributed by atoms with Gasteiger partial charge in [-0.2, -0.15) is 5.06 Å². The molecule has 4 N–H and O–H groups in total. The maximum absolute atomic E-state index is 10.9. The summed E-state index contributed by atoms with van der Waals surface area (Å²) in [5.74, 6) is 2.56. The smallest absolute Gasteiger partial charge is 0.132 e. The molecular weight excluding hydrogens is 340 g/mol. The summed E-state index contributed by atoms with van der Waals surface area (Å²) in [4.78, 5) is 5.30. The lowest BCUT2D eigenvalue weighted by Crippen LogP contribution is -2.66. The SMILES string of the molecule is CON(C)C(O)C1CC[C@H]2C3CCC4C[C@](C)(O)CCC4C3(N)CCC12C. The van der Waals surface area contributed by atoms with Crippen LogP contribution in [-0.2, 0) is 4.84 Å². The molecule has 4 rings (SSSR count). The van der Waals surface area contributed by atoms with E-state index in [9.17, 15) is 10.2 Å². The van der Waals surface area contributed by atoms with Crippen molar-refractivity contribution < 1.29 is 15.1 Å². The minimum absolute atomic E-state index is 0.0728. The van der Waals surface area contributed by atoms with Crippen LogP contribution in [0.25, 0.3) is 0 Å². The first-order valence-electron chi connectivity index (χ1n) is 11.1. The highest BCUT2D eigenvalue weighted by Crippen LogP contribution is 2.65. The van der Waals surface area contributed by atoms with E-state index in [4.69, 9.17) is 10.6 Å². The van der Waals surface area contributed by atoms with Gasteiger partial charge in [0.05, 0.1) is 12.7 Å². The van der Waals surface area contributed by atoms with Crippen LogP contribution < -0.4 is 5.73 Å². The lowest BCUT2D eigenvalue weighted by Gasteiger charge is -2.62.